The largest absolute Gasteiger partial charge is 0.487 e. The van der Waals surface area contributed by atoms with Crippen molar-refractivity contribution in [3.63, 3.8) is 0 Å². The second kappa shape index (κ2) is 4.54. The van der Waals surface area contributed by atoms with Gasteiger partial charge in [0.05, 0.1) is 6.10 Å². The zero-order valence-electron chi connectivity index (χ0n) is 9.55. The Morgan fingerprint density at radius 1 is 1.00 bits per heavy atom. The van der Waals surface area contributed by atoms with Crippen LogP contribution in [-0.4, -0.2) is 17.3 Å². The molecule has 2 rings (SSSR count). The van der Waals surface area contributed by atoms with Crippen molar-refractivity contribution in [2.24, 2.45) is 0 Å². The molecule has 0 aliphatic heterocycles. The SMILES string of the molecule is CC(Oc1cccc2ccccc12)[C@@H](C)O. The molecule has 0 amide bonds. The number of fused-ring (bicyclic) bond motifs is 1. The number of aliphatic hydroxyl groups is 1. The fraction of sp³-hybridized carbons (Fsp3) is 0.286. The van der Waals surface area contributed by atoms with Gasteiger partial charge in [0.1, 0.15) is 11.9 Å². The van der Waals surface area contributed by atoms with Gasteiger partial charge in [-0.15, -0.1) is 0 Å². The Morgan fingerprint density at radius 3 is 2.44 bits per heavy atom. The molecule has 0 fully saturated rings. The summed E-state index contributed by atoms with van der Waals surface area (Å²) >= 11 is 0. The first-order valence-corrected chi connectivity index (χ1v) is 5.51. The third-order valence-electron chi connectivity index (χ3n) is 2.74. The highest BCUT2D eigenvalue weighted by Crippen LogP contribution is 2.26. The van der Waals surface area contributed by atoms with Crippen LogP contribution in [0.1, 0.15) is 13.8 Å². The maximum Gasteiger partial charge on any atom is 0.127 e. The van der Waals surface area contributed by atoms with E-state index in [1.54, 1.807) is 6.92 Å². The average Bonchev–Trinajstić information content (AvgIpc) is 2.29. The second-order valence-corrected chi connectivity index (χ2v) is 4.04. The second-order valence-electron chi connectivity index (χ2n) is 4.04. The van der Waals surface area contributed by atoms with Gasteiger partial charge in [0.2, 0.25) is 0 Å². The minimum Gasteiger partial charge on any atom is -0.487 e. The number of benzene rings is 2. The van der Waals surface area contributed by atoms with E-state index in [1.165, 1.54) is 0 Å². The summed E-state index contributed by atoms with van der Waals surface area (Å²) in [5.74, 6) is 0.825. The Balaban J connectivity index is 2.37. The van der Waals surface area contributed by atoms with E-state index in [9.17, 15) is 5.11 Å². The molecule has 0 bridgehead atoms. The first-order chi connectivity index (χ1) is 7.68. The molecule has 1 unspecified atom stereocenters. The molecule has 2 aromatic carbocycles. The van der Waals surface area contributed by atoms with Crippen molar-refractivity contribution in [3.05, 3.63) is 42.5 Å². The van der Waals surface area contributed by atoms with Gasteiger partial charge in [0, 0.05) is 5.39 Å². The number of hydrogen-bond acceptors (Lipinski definition) is 2. The van der Waals surface area contributed by atoms with Crippen LogP contribution in [0.5, 0.6) is 5.75 Å². The van der Waals surface area contributed by atoms with E-state index >= 15 is 0 Å². The van der Waals surface area contributed by atoms with Crippen LogP contribution in [-0.2, 0) is 0 Å². The van der Waals surface area contributed by atoms with Crippen molar-refractivity contribution >= 4 is 10.8 Å². The fourth-order valence-electron chi connectivity index (χ4n) is 1.60. The third kappa shape index (κ3) is 2.17. The van der Waals surface area contributed by atoms with Gasteiger partial charge in [-0.2, -0.15) is 0 Å². The summed E-state index contributed by atoms with van der Waals surface area (Å²) < 4.78 is 5.74. The summed E-state index contributed by atoms with van der Waals surface area (Å²) in [4.78, 5) is 0. The van der Waals surface area contributed by atoms with Crippen molar-refractivity contribution in [1.29, 1.82) is 0 Å². The summed E-state index contributed by atoms with van der Waals surface area (Å²) in [5, 5.41) is 11.7. The summed E-state index contributed by atoms with van der Waals surface area (Å²) in [7, 11) is 0. The van der Waals surface area contributed by atoms with Crippen molar-refractivity contribution in [3.8, 4) is 5.75 Å². The minimum atomic E-state index is -0.473. The van der Waals surface area contributed by atoms with Crippen molar-refractivity contribution < 1.29 is 9.84 Å². The molecule has 1 N–H and O–H groups in total. The van der Waals surface area contributed by atoms with E-state index in [4.69, 9.17) is 4.74 Å². The maximum atomic E-state index is 9.43. The number of rotatable bonds is 3. The van der Waals surface area contributed by atoms with Crippen molar-refractivity contribution in [2.45, 2.75) is 26.1 Å². The molecule has 0 heterocycles. The first kappa shape index (κ1) is 11.0. The molecular weight excluding hydrogens is 200 g/mol. The molecule has 2 nitrogen and oxygen atoms in total. The quantitative estimate of drug-likeness (QED) is 0.854. The molecule has 0 radical (unpaired) electrons. The van der Waals surface area contributed by atoms with Gasteiger partial charge in [-0.05, 0) is 25.3 Å². The minimum absolute atomic E-state index is 0.203. The number of hydrogen-bond donors (Lipinski definition) is 1. The highest BCUT2D eigenvalue weighted by Gasteiger charge is 2.11. The van der Waals surface area contributed by atoms with Gasteiger partial charge in [-0.1, -0.05) is 36.4 Å². The van der Waals surface area contributed by atoms with Gasteiger partial charge in [-0.3, -0.25) is 0 Å². The monoisotopic (exact) mass is 216 g/mol. The molecule has 2 atom stereocenters. The Hall–Kier alpha value is -1.54. The van der Waals surface area contributed by atoms with Gasteiger partial charge >= 0.3 is 0 Å². The van der Waals surface area contributed by atoms with Gasteiger partial charge in [0.25, 0.3) is 0 Å². The van der Waals surface area contributed by atoms with E-state index in [0.717, 1.165) is 16.5 Å². The molecule has 2 aromatic rings. The molecular formula is C14H16O2. The predicted molar refractivity (Wildman–Crippen MR) is 65.7 cm³/mol. The lowest BCUT2D eigenvalue weighted by Gasteiger charge is -2.18. The first-order valence-electron chi connectivity index (χ1n) is 5.51. The van der Waals surface area contributed by atoms with Crippen LogP contribution in [0.2, 0.25) is 0 Å². The van der Waals surface area contributed by atoms with E-state index in [1.807, 2.05) is 37.3 Å². The summed E-state index contributed by atoms with van der Waals surface area (Å²) in [6, 6.07) is 14.0. The van der Waals surface area contributed by atoms with E-state index in [0.29, 0.717) is 0 Å². The highest BCUT2D eigenvalue weighted by atomic mass is 16.5. The lowest BCUT2D eigenvalue weighted by molar-refractivity contribution is 0.0614. The van der Waals surface area contributed by atoms with Crippen LogP contribution in [0, 0.1) is 0 Å². The number of aliphatic hydroxyl groups excluding tert-OH is 1. The van der Waals surface area contributed by atoms with Crippen LogP contribution in [0.15, 0.2) is 42.5 Å². The molecule has 0 aliphatic rings. The lowest BCUT2D eigenvalue weighted by atomic mass is 10.1. The Labute approximate surface area is 95.5 Å². The standard InChI is InChI=1S/C14H16O2/c1-10(15)11(2)16-14-9-5-7-12-6-3-4-8-13(12)14/h3-11,15H,1-2H3/t10-,11?/m1/s1. The highest BCUT2D eigenvalue weighted by molar-refractivity contribution is 5.88. The van der Waals surface area contributed by atoms with E-state index < -0.39 is 6.10 Å². The number of ether oxygens (including phenoxy) is 1. The smallest absolute Gasteiger partial charge is 0.127 e. The third-order valence-corrected chi connectivity index (χ3v) is 2.74. The summed E-state index contributed by atoms with van der Waals surface area (Å²) in [6.45, 7) is 3.60. The molecule has 0 spiro atoms. The molecule has 16 heavy (non-hydrogen) atoms. The summed E-state index contributed by atoms with van der Waals surface area (Å²) in [5.41, 5.74) is 0. The van der Waals surface area contributed by atoms with E-state index in [2.05, 4.69) is 12.1 Å². The molecule has 0 aromatic heterocycles. The van der Waals surface area contributed by atoms with Crippen molar-refractivity contribution in [1.82, 2.24) is 0 Å². The van der Waals surface area contributed by atoms with Crippen LogP contribution in [0.25, 0.3) is 10.8 Å². The lowest BCUT2D eigenvalue weighted by Crippen LogP contribution is -2.25. The van der Waals surface area contributed by atoms with Crippen LogP contribution >= 0.6 is 0 Å². The molecule has 0 aliphatic carbocycles. The van der Waals surface area contributed by atoms with Crippen LogP contribution in [0.3, 0.4) is 0 Å². The summed E-state index contributed by atoms with van der Waals surface area (Å²) in [6.07, 6.45) is -0.676. The van der Waals surface area contributed by atoms with E-state index in [-0.39, 0.29) is 6.10 Å². The molecule has 84 valence electrons. The molecule has 0 saturated heterocycles. The maximum absolute atomic E-state index is 9.43. The Morgan fingerprint density at radius 2 is 1.69 bits per heavy atom. The van der Waals surface area contributed by atoms with Gasteiger partial charge in [-0.25, -0.2) is 0 Å². The Kier molecular flexibility index (Phi) is 3.11. The van der Waals surface area contributed by atoms with Gasteiger partial charge in [0.15, 0.2) is 0 Å². The molecule has 2 heteroatoms. The topological polar surface area (TPSA) is 29.5 Å². The van der Waals surface area contributed by atoms with Crippen molar-refractivity contribution in [2.75, 3.05) is 0 Å². The van der Waals surface area contributed by atoms with Crippen LogP contribution in [0.4, 0.5) is 0 Å². The van der Waals surface area contributed by atoms with Gasteiger partial charge < -0.3 is 9.84 Å². The zero-order chi connectivity index (χ0) is 11.5. The average molecular weight is 216 g/mol. The normalized spacial score (nSPS) is 14.7. The predicted octanol–water partition coefficient (Wildman–Crippen LogP) is 2.99. The molecule has 0 saturated carbocycles. The zero-order valence-corrected chi connectivity index (χ0v) is 9.55. The van der Waals surface area contributed by atoms with Crippen LogP contribution < -0.4 is 4.74 Å². The Bertz CT molecular complexity index is 472. The fourth-order valence-corrected chi connectivity index (χ4v) is 1.60.